The van der Waals surface area contributed by atoms with E-state index in [-0.39, 0.29) is 18.2 Å². The summed E-state index contributed by atoms with van der Waals surface area (Å²) in [6, 6.07) is 20.5. The summed E-state index contributed by atoms with van der Waals surface area (Å²) in [4.78, 5) is 24.6. The van der Waals surface area contributed by atoms with Gasteiger partial charge in [0.05, 0.1) is 0 Å². The summed E-state index contributed by atoms with van der Waals surface area (Å²) >= 11 is 0. The van der Waals surface area contributed by atoms with Gasteiger partial charge in [-0.15, -0.1) is 0 Å². The number of hydrogen-bond donors (Lipinski definition) is 1. The molecule has 2 aromatic carbocycles. The summed E-state index contributed by atoms with van der Waals surface area (Å²) in [5, 5.41) is 2.89. The van der Waals surface area contributed by atoms with Crippen LogP contribution in [0, 0.1) is 0 Å². The maximum Gasteiger partial charge on any atom is 0.290 e. The summed E-state index contributed by atoms with van der Waals surface area (Å²) < 4.78 is 1.75. The fraction of sp³-hybridized carbons (Fsp3) is 0.174. The predicted molar refractivity (Wildman–Crippen MR) is 106 cm³/mol. The van der Waals surface area contributed by atoms with Gasteiger partial charge in [-0.05, 0) is 23.6 Å². The Morgan fingerprint density at radius 2 is 1.44 bits per heavy atom. The third-order valence-corrected chi connectivity index (χ3v) is 4.38. The van der Waals surface area contributed by atoms with Crippen LogP contribution in [0.4, 0.5) is 5.69 Å². The maximum absolute atomic E-state index is 12.4. The number of aromatic nitrogens is 1. The zero-order valence-corrected chi connectivity index (χ0v) is 15.6. The first-order chi connectivity index (χ1) is 13.0. The Labute approximate surface area is 159 Å². The normalized spacial score (nSPS) is 10.6. The molecule has 0 spiro atoms. The highest BCUT2D eigenvalue weighted by Gasteiger charge is 2.13. The largest absolute Gasteiger partial charge is 0.321 e. The van der Waals surface area contributed by atoms with Gasteiger partial charge >= 0.3 is 0 Å². The van der Waals surface area contributed by atoms with Crippen molar-refractivity contribution >= 4 is 17.4 Å². The molecule has 27 heavy (non-hydrogen) atoms. The van der Waals surface area contributed by atoms with E-state index in [4.69, 9.17) is 0 Å². The molecule has 0 radical (unpaired) electrons. The van der Waals surface area contributed by atoms with Crippen molar-refractivity contribution in [1.82, 2.24) is 0 Å². The first-order valence-electron chi connectivity index (χ1n) is 9.01. The Kier molecular flexibility index (Phi) is 5.77. The molecule has 0 atom stereocenters. The summed E-state index contributed by atoms with van der Waals surface area (Å²) in [6.07, 6.45) is 3.50. The van der Waals surface area contributed by atoms with E-state index < -0.39 is 0 Å². The van der Waals surface area contributed by atoms with Crippen molar-refractivity contribution in [3.05, 3.63) is 95.8 Å². The van der Waals surface area contributed by atoms with Crippen molar-refractivity contribution in [3.8, 4) is 0 Å². The molecular formula is C23H23N2O2+. The number of ketones is 1. The van der Waals surface area contributed by atoms with Gasteiger partial charge in [0.25, 0.3) is 5.91 Å². The molecule has 1 N–H and O–H groups in total. The van der Waals surface area contributed by atoms with Gasteiger partial charge in [0.1, 0.15) is 0 Å². The molecule has 0 bridgehead atoms. The highest BCUT2D eigenvalue weighted by atomic mass is 16.2. The fourth-order valence-corrected chi connectivity index (χ4v) is 2.79. The molecule has 0 unspecified atom stereocenters. The van der Waals surface area contributed by atoms with Gasteiger partial charge in [0.15, 0.2) is 18.2 Å². The zero-order valence-electron chi connectivity index (χ0n) is 15.6. The zero-order chi connectivity index (χ0) is 19.2. The molecule has 1 heterocycles. The van der Waals surface area contributed by atoms with Crippen molar-refractivity contribution in [1.29, 1.82) is 0 Å². The van der Waals surface area contributed by atoms with Gasteiger partial charge in [-0.1, -0.05) is 56.3 Å². The van der Waals surface area contributed by atoms with E-state index in [1.165, 1.54) is 5.56 Å². The predicted octanol–water partition coefficient (Wildman–Crippen LogP) is 3.97. The highest BCUT2D eigenvalue weighted by Crippen LogP contribution is 2.17. The first kappa shape index (κ1) is 18.5. The van der Waals surface area contributed by atoms with Crippen molar-refractivity contribution in [2.45, 2.75) is 26.3 Å². The molecule has 4 heteroatoms. The third-order valence-electron chi connectivity index (χ3n) is 4.38. The Morgan fingerprint density at radius 1 is 0.852 bits per heavy atom. The number of nitrogens with zero attached hydrogens (tertiary/aromatic N) is 1. The number of carbonyl (C=O) groups is 2. The van der Waals surface area contributed by atoms with Crippen molar-refractivity contribution in [2.75, 3.05) is 5.32 Å². The number of nitrogens with one attached hydrogen (secondary N) is 1. The summed E-state index contributed by atoms with van der Waals surface area (Å²) in [5.41, 5.74) is 3.27. The van der Waals surface area contributed by atoms with E-state index in [9.17, 15) is 9.59 Å². The number of carbonyl (C=O) groups excluding carboxylic acids is 2. The quantitative estimate of drug-likeness (QED) is 0.535. The number of benzene rings is 2. The van der Waals surface area contributed by atoms with Crippen LogP contribution in [-0.2, 0) is 11.3 Å². The van der Waals surface area contributed by atoms with Crippen LogP contribution in [-0.4, -0.2) is 11.7 Å². The molecule has 0 saturated carbocycles. The van der Waals surface area contributed by atoms with E-state index in [0.717, 1.165) is 5.69 Å². The van der Waals surface area contributed by atoms with E-state index in [1.54, 1.807) is 41.2 Å². The molecule has 3 rings (SSSR count). The summed E-state index contributed by atoms with van der Waals surface area (Å²) in [7, 11) is 0. The second kappa shape index (κ2) is 8.41. The highest BCUT2D eigenvalue weighted by molar-refractivity contribution is 6.08. The molecule has 0 saturated heterocycles. The van der Waals surface area contributed by atoms with Crippen LogP contribution in [0.5, 0.6) is 0 Å². The summed E-state index contributed by atoms with van der Waals surface area (Å²) in [5.74, 6) is 0.319. The van der Waals surface area contributed by atoms with Crippen LogP contribution < -0.4 is 9.88 Å². The molecule has 0 aliphatic heterocycles. The standard InChI is InChI=1S/C23H22N2O2/c1-17(2)18-8-10-21(11-9-18)24-22(26)16-25-14-12-20(13-15-25)23(27)19-6-4-3-5-7-19/h3-15,17H,16H2,1-2H3/p+1. The molecule has 0 fully saturated rings. The minimum Gasteiger partial charge on any atom is -0.321 e. The van der Waals surface area contributed by atoms with E-state index in [2.05, 4.69) is 19.2 Å². The third kappa shape index (κ3) is 4.88. The van der Waals surface area contributed by atoms with E-state index in [1.807, 2.05) is 42.5 Å². The average molecular weight is 359 g/mol. The van der Waals surface area contributed by atoms with E-state index >= 15 is 0 Å². The number of pyridine rings is 1. The SMILES string of the molecule is CC(C)c1ccc(NC(=O)C[n+]2ccc(C(=O)c3ccccc3)cc2)cc1. The molecule has 4 nitrogen and oxygen atoms in total. The average Bonchev–Trinajstić information content (AvgIpc) is 2.69. The number of amides is 1. The number of hydrogen-bond acceptors (Lipinski definition) is 2. The molecule has 3 aromatic rings. The maximum atomic E-state index is 12.4. The topological polar surface area (TPSA) is 50.1 Å². The molecule has 136 valence electrons. The Balaban J connectivity index is 1.60. The number of rotatable bonds is 6. The van der Waals surface area contributed by atoms with Gasteiger partial charge in [-0.3, -0.25) is 9.59 Å². The monoisotopic (exact) mass is 359 g/mol. The lowest BCUT2D eigenvalue weighted by molar-refractivity contribution is -0.684. The second-order valence-electron chi connectivity index (χ2n) is 6.78. The van der Waals surface area contributed by atoms with Crippen LogP contribution in [0.2, 0.25) is 0 Å². The molecule has 0 aliphatic carbocycles. The van der Waals surface area contributed by atoms with Gasteiger partial charge < -0.3 is 5.32 Å². The lowest BCUT2D eigenvalue weighted by Gasteiger charge is -2.07. The van der Waals surface area contributed by atoms with Gasteiger partial charge in [-0.25, -0.2) is 0 Å². The van der Waals surface area contributed by atoms with E-state index in [0.29, 0.717) is 17.0 Å². The first-order valence-corrected chi connectivity index (χ1v) is 9.01. The molecular weight excluding hydrogens is 336 g/mol. The van der Waals surface area contributed by atoms with Crippen molar-refractivity contribution in [2.24, 2.45) is 0 Å². The van der Waals surface area contributed by atoms with Gasteiger partial charge in [0, 0.05) is 28.9 Å². The fourth-order valence-electron chi connectivity index (χ4n) is 2.79. The lowest BCUT2D eigenvalue weighted by Crippen LogP contribution is -2.39. The molecule has 0 aliphatic rings. The minimum atomic E-state index is -0.112. The summed E-state index contributed by atoms with van der Waals surface area (Å²) in [6.45, 7) is 4.46. The smallest absolute Gasteiger partial charge is 0.290 e. The molecule has 1 aromatic heterocycles. The Morgan fingerprint density at radius 3 is 2.04 bits per heavy atom. The van der Waals surface area contributed by atoms with Crippen LogP contribution >= 0.6 is 0 Å². The van der Waals surface area contributed by atoms with Crippen LogP contribution in [0.1, 0.15) is 41.3 Å². The number of anilines is 1. The van der Waals surface area contributed by atoms with Crippen molar-refractivity contribution < 1.29 is 14.2 Å². The van der Waals surface area contributed by atoms with Crippen LogP contribution in [0.15, 0.2) is 79.1 Å². The lowest BCUT2D eigenvalue weighted by atomic mass is 10.0. The molecule has 1 amide bonds. The minimum absolute atomic E-state index is 0.0301. The van der Waals surface area contributed by atoms with Crippen LogP contribution in [0.25, 0.3) is 0 Å². The Bertz CT molecular complexity index is 915. The van der Waals surface area contributed by atoms with Gasteiger partial charge in [-0.2, -0.15) is 4.57 Å². The van der Waals surface area contributed by atoms with Gasteiger partial charge in [0.2, 0.25) is 6.54 Å². The van der Waals surface area contributed by atoms with Crippen molar-refractivity contribution in [3.63, 3.8) is 0 Å². The second-order valence-corrected chi connectivity index (χ2v) is 6.78. The van der Waals surface area contributed by atoms with Crippen LogP contribution in [0.3, 0.4) is 0 Å². The Hall–Kier alpha value is -3.27.